The zero-order valence-electron chi connectivity index (χ0n) is 25.5. The van der Waals surface area contributed by atoms with Crippen LogP contribution in [0.15, 0.2) is 109 Å². The first-order chi connectivity index (χ1) is 19.6. The summed E-state index contributed by atoms with van der Waals surface area (Å²) in [6.45, 7) is 15.9. The number of para-hydroxylation sites is 1. The van der Waals surface area contributed by atoms with E-state index in [0.29, 0.717) is 0 Å². The lowest BCUT2D eigenvalue weighted by Crippen LogP contribution is -2.16. The largest absolute Gasteiger partial charge is 0.360 e. The lowest BCUT2D eigenvalue weighted by atomic mass is 9.86. The molecule has 1 nitrogen and oxygen atoms in total. The molecule has 0 bridgehead atoms. The van der Waals surface area contributed by atoms with Gasteiger partial charge in [0.05, 0.1) is 0 Å². The van der Waals surface area contributed by atoms with E-state index in [-0.39, 0.29) is 5.41 Å². The number of hydrogen-bond donors (Lipinski definition) is 1. The van der Waals surface area contributed by atoms with Crippen LogP contribution in [0.3, 0.4) is 0 Å². The Morgan fingerprint density at radius 2 is 1.17 bits per heavy atom. The van der Waals surface area contributed by atoms with Gasteiger partial charge in [-0.15, -0.1) is 0 Å². The maximum atomic E-state index is 4.07. The molecule has 1 unspecified atom stereocenters. The van der Waals surface area contributed by atoms with Gasteiger partial charge in [-0.25, -0.2) is 0 Å². The van der Waals surface area contributed by atoms with Crippen molar-refractivity contribution in [2.75, 3.05) is 5.09 Å². The van der Waals surface area contributed by atoms with Crippen LogP contribution < -0.4 is 10.4 Å². The van der Waals surface area contributed by atoms with Crippen LogP contribution in [0.1, 0.15) is 54.2 Å². The predicted octanol–water partition coefficient (Wildman–Crippen LogP) is 10.9. The van der Waals surface area contributed by atoms with Crippen molar-refractivity contribution in [2.24, 2.45) is 0 Å². The third-order valence-electron chi connectivity index (χ3n) is 7.82. The minimum Gasteiger partial charge on any atom is -0.360 e. The molecule has 5 aromatic carbocycles. The Balaban J connectivity index is 1.68. The van der Waals surface area contributed by atoms with Crippen LogP contribution in [0.2, 0.25) is 0 Å². The van der Waals surface area contributed by atoms with Crippen molar-refractivity contribution in [1.82, 2.24) is 0 Å². The van der Waals surface area contributed by atoms with E-state index in [1.807, 2.05) is 0 Å². The highest BCUT2D eigenvalue weighted by Gasteiger charge is 2.23. The summed E-state index contributed by atoms with van der Waals surface area (Å²) >= 11 is 0. The highest BCUT2D eigenvalue weighted by Crippen LogP contribution is 2.46. The molecule has 0 aliphatic carbocycles. The fraction of sp³-hybridized carbons (Fsp3) is 0.231. The smallest absolute Gasteiger partial charge is 0.0412 e. The van der Waals surface area contributed by atoms with Crippen molar-refractivity contribution in [2.45, 2.75) is 60.0 Å². The molecule has 2 heteroatoms. The van der Waals surface area contributed by atoms with Crippen molar-refractivity contribution < 1.29 is 0 Å². The van der Waals surface area contributed by atoms with E-state index in [2.05, 4.69) is 163 Å². The zero-order valence-corrected chi connectivity index (χ0v) is 26.4. The number of anilines is 1. The Labute approximate surface area is 248 Å². The van der Waals surface area contributed by atoms with E-state index >= 15 is 0 Å². The number of benzene rings is 5. The molecule has 0 saturated heterocycles. The lowest BCUT2D eigenvalue weighted by Gasteiger charge is -2.29. The average molecular weight is 556 g/mol. The second-order valence-electron chi connectivity index (χ2n) is 12.3. The molecule has 0 saturated carbocycles. The van der Waals surface area contributed by atoms with Gasteiger partial charge >= 0.3 is 0 Å². The monoisotopic (exact) mass is 555 g/mol. The summed E-state index contributed by atoms with van der Waals surface area (Å²) in [4.78, 5) is 0. The first-order valence-corrected chi connectivity index (χ1v) is 16.1. The van der Waals surface area contributed by atoms with Gasteiger partial charge in [-0.3, -0.25) is 0 Å². The molecule has 0 amide bonds. The predicted molar refractivity (Wildman–Crippen MR) is 182 cm³/mol. The molecule has 0 aliphatic rings. The van der Waals surface area contributed by atoms with Crippen molar-refractivity contribution in [3.8, 4) is 22.3 Å². The third kappa shape index (κ3) is 6.47. The minimum atomic E-state index is -0.733. The third-order valence-corrected chi connectivity index (χ3v) is 9.89. The van der Waals surface area contributed by atoms with Crippen molar-refractivity contribution in [3.63, 3.8) is 0 Å². The maximum Gasteiger partial charge on any atom is 0.0412 e. The molecular weight excluding hydrogens is 513 g/mol. The SMILES string of the molecule is Cc1cc(C)c(CP(Nc2ccccc2C(C)(C)C)c2ccccc2)c(-c2cc(C)cc(C)c2-c2ccccc2)c1. The molecule has 0 spiro atoms. The molecule has 0 radical (unpaired) electrons. The average Bonchev–Trinajstić information content (AvgIpc) is 2.94. The first-order valence-electron chi connectivity index (χ1n) is 14.6. The second-order valence-corrected chi connectivity index (χ2v) is 14.2. The molecule has 208 valence electrons. The quantitative estimate of drug-likeness (QED) is 0.197. The van der Waals surface area contributed by atoms with Crippen molar-refractivity contribution in [3.05, 3.63) is 143 Å². The minimum absolute atomic E-state index is 0.0515. The van der Waals surface area contributed by atoms with Crippen LogP contribution >= 0.6 is 8.07 Å². The van der Waals surface area contributed by atoms with Gasteiger partial charge in [-0.05, 0) is 89.0 Å². The van der Waals surface area contributed by atoms with Crippen LogP contribution in [-0.4, -0.2) is 0 Å². The summed E-state index contributed by atoms with van der Waals surface area (Å²) in [5.41, 5.74) is 14.6. The van der Waals surface area contributed by atoms with Gasteiger partial charge in [0.2, 0.25) is 0 Å². The molecule has 5 rings (SSSR count). The molecule has 1 N–H and O–H groups in total. The van der Waals surface area contributed by atoms with E-state index in [4.69, 9.17) is 0 Å². The van der Waals surface area contributed by atoms with Crippen LogP contribution in [-0.2, 0) is 11.6 Å². The molecular formula is C39H42NP. The van der Waals surface area contributed by atoms with Gasteiger partial charge in [0.25, 0.3) is 0 Å². The van der Waals surface area contributed by atoms with Gasteiger partial charge in [0.1, 0.15) is 0 Å². The Hall–Kier alpha value is -3.67. The summed E-state index contributed by atoms with van der Waals surface area (Å²) in [5.74, 6) is 0. The topological polar surface area (TPSA) is 12.0 Å². The summed E-state index contributed by atoms with van der Waals surface area (Å²) in [7, 11) is -0.733. The van der Waals surface area contributed by atoms with Crippen molar-refractivity contribution >= 4 is 19.1 Å². The van der Waals surface area contributed by atoms with Gasteiger partial charge < -0.3 is 5.09 Å². The molecule has 0 fully saturated rings. The number of aryl methyl sites for hydroxylation is 4. The van der Waals surface area contributed by atoms with E-state index < -0.39 is 8.07 Å². The molecule has 41 heavy (non-hydrogen) atoms. The summed E-state index contributed by atoms with van der Waals surface area (Å²) < 4.78 is 0. The highest BCUT2D eigenvalue weighted by molar-refractivity contribution is 7.66. The number of nitrogens with one attached hydrogen (secondary N) is 1. The van der Waals surface area contributed by atoms with Crippen molar-refractivity contribution in [1.29, 1.82) is 0 Å². The standard InChI is InChI=1S/C39H42NP/c1-27-22-29(3)35(33(24-27)34-25-28(2)23-30(4)38(34)31-16-10-8-11-17-31)26-41(32-18-12-9-13-19-32)40-37-21-15-14-20-36(37)39(5,6)7/h8-25,40H,26H2,1-7H3. The first kappa shape index (κ1) is 28.8. The molecule has 0 aliphatic heterocycles. The lowest BCUT2D eigenvalue weighted by molar-refractivity contribution is 0.592. The van der Waals surface area contributed by atoms with Gasteiger partial charge in [-0.1, -0.05) is 135 Å². The molecule has 0 aromatic heterocycles. The van der Waals surface area contributed by atoms with E-state index in [9.17, 15) is 0 Å². The van der Waals surface area contributed by atoms with E-state index in [1.54, 1.807) is 0 Å². The normalized spacial score (nSPS) is 12.3. The second kappa shape index (κ2) is 12.1. The fourth-order valence-corrected chi connectivity index (χ4v) is 8.10. The maximum absolute atomic E-state index is 4.07. The zero-order chi connectivity index (χ0) is 29.1. The van der Waals surface area contributed by atoms with Gasteiger partial charge in [-0.2, -0.15) is 0 Å². The molecule has 1 atom stereocenters. The Morgan fingerprint density at radius 3 is 1.83 bits per heavy atom. The summed E-state index contributed by atoms with van der Waals surface area (Å²) in [6.07, 6.45) is 0.945. The van der Waals surface area contributed by atoms with Crippen LogP contribution in [0.25, 0.3) is 22.3 Å². The Bertz CT molecular complexity index is 1650. The molecule has 0 heterocycles. The van der Waals surface area contributed by atoms with E-state index in [1.165, 1.54) is 66.6 Å². The van der Waals surface area contributed by atoms with Crippen LogP contribution in [0, 0.1) is 27.7 Å². The van der Waals surface area contributed by atoms with Gasteiger partial charge in [0, 0.05) is 19.9 Å². The fourth-order valence-electron chi connectivity index (χ4n) is 5.96. The summed E-state index contributed by atoms with van der Waals surface area (Å²) in [6, 6.07) is 40.2. The number of hydrogen-bond acceptors (Lipinski definition) is 1. The Kier molecular flexibility index (Phi) is 8.48. The van der Waals surface area contributed by atoms with Crippen LogP contribution in [0.5, 0.6) is 0 Å². The number of rotatable bonds is 7. The highest BCUT2D eigenvalue weighted by atomic mass is 31.1. The molecule has 5 aromatic rings. The Morgan fingerprint density at radius 1 is 0.610 bits per heavy atom. The van der Waals surface area contributed by atoms with E-state index in [0.717, 1.165) is 6.16 Å². The summed E-state index contributed by atoms with van der Waals surface area (Å²) in [5, 5.41) is 5.44. The van der Waals surface area contributed by atoms with Gasteiger partial charge in [0.15, 0.2) is 0 Å². The van der Waals surface area contributed by atoms with Crippen LogP contribution in [0.4, 0.5) is 5.69 Å².